The summed E-state index contributed by atoms with van der Waals surface area (Å²) in [4.78, 5) is 0. The van der Waals surface area contributed by atoms with Crippen molar-refractivity contribution in [3.8, 4) is 0 Å². The second-order valence-corrected chi connectivity index (χ2v) is 6.36. The van der Waals surface area contributed by atoms with E-state index in [1.165, 1.54) is 18.6 Å². The van der Waals surface area contributed by atoms with E-state index in [0.717, 1.165) is 18.4 Å². The quantitative estimate of drug-likeness (QED) is 0.474. The topological polar surface area (TPSA) is 21.3 Å². The standard InChI is InChI=1S/C8H16INOS2/c1-7-2-3-8(6-11-7)12-5-4-10-13-9/h7-8,10H,2-6H2,1H3/t7-,8+/m0/s1. The van der Waals surface area contributed by atoms with Crippen molar-refractivity contribution in [3.63, 3.8) is 0 Å². The Morgan fingerprint density at radius 3 is 3.00 bits per heavy atom. The number of hydrogen-bond acceptors (Lipinski definition) is 4. The van der Waals surface area contributed by atoms with E-state index in [1.54, 1.807) is 9.12 Å². The summed E-state index contributed by atoms with van der Waals surface area (Å²) in [6, 6.07) is 0. The first kappa shape index (κ1) is 12.4. The molecule has 5 heteroatoms. The van der Waals surface area contributed by atoms with Gasteiger partial charge in [-0.15, -0.1) is 0 Å². The molecule has 0 aromatic carbocycles. The van der Waals surface area contributed by atoms with Gasteiger partial charge in [0.1, 0.15) is 0 Å². The highest BCUT2D eigenvalue weighted by Gasteiger charge is 2.18. The first-order valence-electron chi connectivity index (χ1n) is 4.56. The molecule has 0 saturated carbocycles. The third-order valence-electron chi connectivity index (χ3n) is 2.07. The molecule has 1 rings (SSSR count). The van der Waals surface area contributed by atoms with Crippen molar-refractivity contribution in [2.75, 3.05) is 18.9 Å². The van der Waals surface area contributed by atoms with Crippen LogP contribution >= 0.6 is 42.1 Å². The van der Waals surface area contributed by atoms with Gasteiger partial charge < -0.3 is 4.74 Å². The van der Waals surface area contributed by atoms with Gasteiger partial charge in [-0.3, -0.25) is 4.72 Å². The number of halogens is 1. The molecule has 13 heavy (non-hydrogen) atoms. The van der Waals surface area contributed by atoms with Gasteiger partial charge in [0, 0.05) is 38.8 Å². The normalized spacial score (nSPS) is 29.1. The molecule has 0 aromatic rings. The molecule has 1 aliphatic rings. The van der Waals surface area contributed by atoms with Crippen molar-refractivity contribution in [1.82, 2.24) is 4.72 Å². The summed E-state index contributed by atoms with van der Waals surface area (Å²) in [5, 5.41) is 0.734. The van der Waals surface area contributed by atoms with Crippen LogP contribution in [0.3, 0.4) is 0 Å². The van der Waals surface area contributed by atoms with Crippen molar-refractivity contribution in [2.45, 2.75) is 31.1 Å². The predicted molar refractivity (Wildman–Crippen MR) is 70.5 cm³/mol. The molecule has 1 saturated heterocycles. The fraction of sp³-hybridized carbons (Fsp3) is 1.00. The van der Waals surface area contributed by atoms with E-state index in [9.17, 15) is 0 Å². The Morgan fingerprint density at radius 2 is 2.38 bits per heavy atom. The van der Waals surface area contributed by atoms with E-state index >= 15 is 0 Å². The molecule has 1 aliphatic heterocycles. The lowest BCUT2D eigenvalue weighted by atomic mass is 10.1. The Morgan fingerprint density at radius 1 is 1.54 bits per heavy atom. The maximum atomic E-state index is 5.60. The SMILES string of the molecule is C[C@H]1CC[C@@H](SCCNSI)CO1. The zero-order chi connectivity index (χ0) is 9.52. The first-order valence-corrected chi connectivity index (χ1v) is 8.97. The maximum absolute atomic E-state index is 5.60. The highest BCUT2D eigenvalue weighted by Crippen LogP contribution is 2.23. The molecule has 0 aromatic heterocycles. The Balaban J connectivity index is 1.96. The van der Waals surface area contributed by atoms with Crippen molar-refractivity contribution in [3.05, 3.63) is 0 Å². The van der Waals surface area contributed by atoms with Crippen molar-refractivity contribution >= 4 is 42.1 Å². The van der Waals surface area contributed by atoms with E-state index in [1.807, 2.05) is 11.8 Å². The minimum Gasteiger partial charge on any atom is -0.377 e. The van der Waals surface area contributed by atoms with Gasteiger partial charge in [0.25, 0.3) is 0 Å². The molecule has 0 bridgehead atoms. The van der Waals surface area contributed by atoms with Gasteiger partial charge in [-0.25, -0.2) is 0 Å². The smallest absolute Gasteiger partial charge is 0.0588 e. The zero-order valence-electron chi connectivity index (χ0n) is 7.79. The molecule has 0 aliphatic carbocycles. The monoisotopic (exact) mass is 333 g/mol. The van der Waals surface area contributed by atoms with Crippen LogP contribution in [0, 0.1) is 0 Å². The van der Waals surface area contributed by atoms with Crippen molar-refractivity contribution < 1.29 is 4.74 Å². The van der Waals surface area contributed by atoms with Crippen LogP contribution in [-0.4, -0.2) is 30.3 Å². The van der Waals surface area contributed by atoms with Gasteiger partial charge in [0.2, 0.25) is 0 Å². The Labute approximate surface area is 101 Å². The molecule has 0 amide bonds. The second kappa shape index (κ2) is 7.62. The van der Waals surface area contributed by atoms with Crippen LogP contribution in [-0.2, 0) is 4.74 Å². The summed E-state index contributed by atoms with van der Waals surface area (Å²) in [7, 11) is 1.66. The summed E-state index contributed by atoms with van der Waals surface area (Å²) >= 11 is 4.29. The van der Waals surface area contributed by atoms with Gasteiger partial charge in [0.15, 0.2) is 0 Å². The second-order valence-electron chi connectivity index (χ2n) is 3.19. The molecule has 2 nitrogen and oxygen atoms in total. The summed E-state index contributed by atoms with van der Waals surface area (Å²) in [5.74, 6) is 1.19. The summed E-state index contributed by atoms with van der Waals surface area (Å²) in [5.41, 5.74) is 0. The fourth-order valence-corrected chi connectivity index (χ4v) is 3.30. The minimum absolute atomic E-state index is 0.486. The molecular formula is C8H16INOS2. The molecule has 1 heterocycles. The molecule has 1 fully saturated rings. The Kier molecular flexibility index (Phi) is 7.28. The highest BCUT2D eigenvalue weighted by atomic mass is 127. The van der Waals surface area contributed by atoms with Crippen LogP contribution in [0.2, 0.25) is 0 Å². The average Bonchev–Trinajstić information content (AvgIpc) is 2.15. The minimum atomic E-state index is 0.486. The number of thioether (sulfide) groups is 1. The summed E-state index contributed by atoms with van der Waals surface area (Å²) in [6.45, 7) is 4.20. The molecular weight excluding hydrogens is 317 g/mol. The molecule has 0 unspecified atom stereocenters. The van der Waals surface area contributed by atoms with Crippen LogP contribution in [0.15, 0.2) is 0 Å². The van der Waals surface area contributed by atoms with Gasteiger partial charge in [-0.05, 0) is 28.9 Å². The molecule has 0 radical (unpaired) electrons. The number of hydrogen-bond donors (Lipinski definition) is 1. The highest BCUT2D eigenvalue weighted by molar-refractivity contribution is 14.2. The molecule has 1 N–H and O–H groups in total. The van der Waals surface area contributed by atoms with E-state index in [4.69, 9.17) is 4.74 Å². The van der Waals surface area contributed by atoms with Crippen molar-refractivity contribution in [2.24, 2.45) is 0 Å². The molecule has 0 spiro atoms. The average molecular weight is 333 g/mol. The summed E-state index contributed by atoms with van der Waals surface area (Å²) < 4.78 is 8.84. The number of rotatable bonds is 5. The van der Waals surface area contributed by atoms with E-state index < -0.39 is 0 Å². The van der Waals surface area contributed by atoms with Crippen LogP contribution in [0.25, 0.3) is 0 Å². The third-order valence-corrected chi connectivity index (χ3v) is 4.60. The van der Waals surface area contributed by atoms with Gasteiger partial charge in [-0.1, -0.05) is 0 Å². The van der Waals surface area contributed by atoms with Crippen LogP contribution < -0.4 is 4.72 Å². The van der Waals surface area contributed by atoms with Crippen LogP contribution in [0.1, 0.15) is 19.8 Å². The van der Waals surface area contributed by atoms with Gasteiger partial charge in [0.05, 0.1) is 12.7 Å². The first-order chi connectivity index (χ1) is 6.33. The van der Waals surface area contributed by atoms with E-state index in [0.29, 0.717) is 6.10 Å². The van der Waals surface area contributed by atoms with Gasteiger partial charge >= 0.3 is 0 Å². The zero-order valence-corrected chi connectivity index (χ0v) is 11.6. The maximum Gasteiger partial charge on any atom is 0.0588 e. The molecule has 2 atom stereocenters. The van der Waals surface area contributed by atoms with Crippen molar-refractivity contribution in [1.29, 1.82) is 0 Å². The van der Waals surface area contributed by atoms with Crippen LogP contribution in [0.4, 0.5) is 0 Å². The van der Waals surface area contributed by atoms with E-state index in [-0.39, 0.29) is 0 Å². The number of ether oxygens (including phenoxy) is 1. The Hall–Kier alpha value is 1.35. The Bertz CT molecular complexity index is 131. The largest absolute Gasteiger partial charge is 0.377 e. The number of nitrogens with one attached hydrogen (secondary N) is 1. The lowest BCUT2D eigenvalue weighted by Gasteiger charge is -2.26. The summed E-state index contributed by atoms with van der Waals surface area (Å²) in [6.07, 6.45) is 3.04. The lowest BCUT2D eigenvalue weighted by Crippen LogP contribution is -2.26. The lowest BCUT2D eigenvalue weighted by molar-refractivity contribution is 0.0323. The van der Waals surface area contributed by atoms with Crippen LogP contribution in [0.5, 0.6) is 0 Å². The fourth-order valence-electron chi connectivity index (χ4n) is 1.30. The molecule has 78 valence electrons. The predicted octanol–water partition coefficient (Wildman–Crippen LogP) is 2.87. The van der Waals surface area contributed by atoms with E-state index in [2.05, 4.69) is 32.9 Å². The van der Waals surface area contributed by atoms with Gasteiger partial charge in [-0.2, -0.15) is 11.8 Å². The third kappa shape index (κ3) is 5.71.